The van der Waals surface area contributed by atoms with E-state index in [1.54, 1.807) is 0 Å². The van der Waals surface area contributed by atoms with Gasteiger partial charge in [0.15, 0.2) is 0 Å². The van der Waals surface area contributed by atoms with Gasteiger partial charge in [-0.3, -0.25) is 0 Å². The summed E-state index contributed by atoms with van der Waals surface area (Å²) in [5.74, 6) is 1.81. The standard InChI is InChI=1S/C51H32O/c1-4-15-33(16-5-1)44-31-34-17-10-11-22-39(34)49-43-28-27-35(32-45(43)51(50(44)49,36-18-6-2-7-19-36)37-20-8-3-9-21-37)38-29-30-47-48-41(38)24-14-25-42(48)40-23-12-13-26-46(40)52-47/h1-32H. The minimum atomic E-state index is -0.577. The molecule has 9 aromatic carbocycles. The molecular weight excluding hydrogens is 629 g/mol. The quantitative estimate of drug-likeness (QED) is 0.183. The molecule has 1 aliphatic carbocycles. The van der Waals surface area contributed by atoms with Crippen LogP contribution in [0.2, 0.25) is 0 Å². The van der Waals surface area contributed by atoms with Crippen molar-refractivity contribution in [1.29, 1.82) is 0 Å². The van der Waals surface area contributed by atoms with Crippen molar-refractivity contribution in [1.82, 2.24) is 0 Å². The molecule has 2 aliphatic rings. The first kappa shape index (κ1) is 29.1. The fraction of sp³-hybridized carbons (Fsp3) is 0.0196. The lowest BCUT2D eigenvalue weighted by atomic mass is 9.65. The summed E-state index contributed by atoms with van der Waals surface area (Å²) in [6.45, 7) is 0. The molecule has 1 nitrogen and oxygen atoms in total. The largest absolute Gasteiger partial charge is 0.456 e. The monoisotopic (exact) mass is 660 g/mol. The molecule has 0 saturated heterocycles. The Labute approximate surface area is 303 Å². The highest BCUT2D eigenvalue weighted by Crippen LogP contribution is 2.61. The molecule has 0 N–H and O–H groups in total. The Bertz CT molecular complexity index is 2810. The van der Waals surface area contributed by atoms with Crippen LogP contribution >= 0.6 is 0 Å². The van der Waals surface area contributed by atoms with Gasteiger partial charge in [-0.2, -0.15) is 0 Å². The van der Waals surface area contributed by atoms with Gasteiger partial charge in [-0.15, -0.1) is 0 Å². The molecule has 0 saturated carbocycles. The van der Waals surface area contributed by atoms with Gasteiger partial charge in [-0.05, 0) is 102 Å². The second kappa shape index (κ2) is 11.2. The van der Waals surface area contributed by atoms with Crippen molar-refractivity contribution in [2.24, 2.45) is 0 Å². The van der Waals surface area contributed by atoms with Crippen molar-refractivity contribution in [3.63, 3.8) is 0 Å². The van der Waals surface area contributed by atoms with Crippen LogP contribution in [0.25, 0.3) is 66.1 Å². The Morgan fingerprint density at radius 3 is 1.79 bits per heavy atom. The van der Waals surface area contributed by atoms with Crippen LogP contribution in [0, 0.1) is 0 Å². The number of ether oxygens (including phenoxy) is 1. The molecule has 1 heterocycles. The number of hydrogen-bond donors (Lipinski definition) is 0. The maximum Gasteiger partial charge on any atom is 0.135 e. The minimum absolute atomic E-state index is 0.577. The van der Waals surface area contributed by atoms with Crippen molar-refractivity contribution in [3.8, 4) is 56.0 Å². The number of rotatable bonds is 4. The van der Waals surface area contributed by atoms with Crippen LogP contribution in [0.15, 0.2) is 194 Å². The average molecular weight is 661 g/mol. The average Bonchev–Trinajstić information content (AvgIpc) is 3.53. The van der Waals surface area contributed by atoms with E-state index in [1.807, 2.05) is 6.07 Å². The van der Waals surface area contributed by atoms with Crippen molar-refractivity contribution in [3.05, 3.63) is 216 Å². The molecule has 52 heavy (non-hydrogen) atoms. The van der Waals surface area contributed by atoms with Gasteiger partial charge in [0.05, 0.1) is 5.41 Å². The molecule has 1 aliphatic heterocycles. The molecule has 9 aromatic rings. The highest BCUT2D eigenvalue weighted by molar-refractivity contribution is 6.11. The van der Waals surface area contributed by atoms with E-state index in [9.17, 15) is 0 Å². The highest BCUT2D eigenvalue weighted by atomic mass is 16.5. The first-order valence-electron chi connectivity index (χ1n) is 18.0. The lowest BCUT2D eigenvalue weighted by Crippen LogP contribution is -2.29. The molecule has 0 spiro atoms. The molecular formula is C51H32O. The summed E-state index contributed by atoms with van der Waals surface area (Å²) in [7, 11) is 0. The second-order valence-corrected chi connectivity index (χ2v) is 13.9. The highest BCUT2D eigenvalue weighted by Gasteiger charge is 2.48. The molecule has 0 unspecified atom stereocenters. The molecule has 0 fully saturated rings. The van der Waals surface area contributed by atoms with Gasteiger partial charge >= 0.3 is 0 Å². The Hall–Kier alpha value is -6.70. The summed E-state index contributed by atoms with van der Waals surface area (Å²) >= 11 is 0. The molecule has 0 bridgehead atoms. The lowest BCUT2D eigenvalue weighted by Gasteiger charge is -2.35. The molecule has 0 amide bonds. The summed E-state index contributed by atoms with van der Waals surface area (Å²) in [5.41, 5.74) is 14.4. The first-order valence-corrected chi connectivity index (χ1v) is 18.0. The molecule has 11 rings (SSSR count). The smallest absolute Gasteiger partial charge is 0.135 e. The summed E-state index contributed by atoms with van der Waals surface area (Å²) in [4.78, 5) is 0. The summed E-state index contributed by atoms with van der Waals surface area (Å²) in [5, 5.41) is 4.88. The lowest BCUT2D eigenvalue weighted by molar-refractivity contribution is 0.487. The number of fused-ring (bicyclic) bond motifs is 7. The van der Waals surface area contributed by atoms with Crippen LogP contribution in [-0.4, -0.2) is 0 Å². The first-order chi connectivity index (χ1) is 25.8. The van der Waals surface area contributed by atoms with E-state index in [0.717, 1.165) is 22.4 Å². The SMILES string of the molecule is c1ccc(-c2cc3ccccc3c3c2C(c2ccccc2)(c2ccccc2)c2cc(-c4ccc5c6c(cccc46)-c4ccccc4O5)ccc2-3)cc1. The third-order valence-electron chi connectivity index (χ3n) is 11.3. The van der Waals surface area contributed by atoms with Crippen LogP contribution < -0.4 is 4.74 Å². The Morgan fingerprint density at radius 1 is 0.365 bits per heavy atom. The van der Waals surface area contributed by atoms with E-state index in [4.69, 9.17) is 4.74 Å². The van der Waals surface area contributed by atoms with Crippen LogP contribution in [0.1, 0.15) is 22.3 Å². The summed E-state index contributed by atoms with van der Waals surface area (Å²) in [6.07, 6.45) is 0. The van der Waals surface area contributed by atoms with E-state index in [-0.39, 0.29) is 0 Å². The topological polar surface area (TPSA) is 9.23 Å². The predicted molar refractivity (Wildman–Crippen MR) is 215 cm³/mol. The third-order valence-corrected chi connectivity index (χ3v) is 11.3. The number of hydrogen-bond acceptors (Lipinski definition) is 1. The Morgan fingerprint density at radius 2 is 1.00 bits per heavy atom. The predicted octanol–water partition coefficient (Wildman–Crippen LogP) is 13.5. The zero-order valence-electron chi connectivity index (χ0n) is 28.4. The molecule has 242 valence electrons. The van der Waals surface area contributed by atoms with Crippen molar-refractivity contribution in [2.75, 3.05) is 0 Å². The fourth-order valence-corrected chi connectivity index (χ4v) is 9.21. The second-order valence-electron chi connectivity index (χ2n) is 13.9. The number of benzene rings is 9. The van der Waals surface area contributed by atoms with Gasteiger partial charge < -0.3 is 4.74 Å². The Kier molecular flexibility index (Phi) is 6.23. The maximum atomic E-state index is 6.50. The molecule has 1 heteroatoms. The van der Waals surface area contributed by atoms with Crippen molar-refractivity contribution in [2.45, 2.75) is 5.41 Å². The van der Waals surface area contributed by atoms with Gasteiger partial charge in [0.25, 0.3) is 0 Å². The van der Waals surface area contributed by atoms with Crippen LogP contribution in [0.3, 0.4) is 0 Å². The zero-order valence-corrected chi connectivity index (χ0v) is 28.4. The third kappa shape index (κ3) is 3.99. The Balaban J connectivity index is 1.27. The van der Waals surface area contributed by atoms with E-state index in [2.05, 4.69) is 188 Å². The van der Waals surface area contributed by atoms with Crippen LogP contribution in [0.4, 0.5) is 0 Å². The van der Waals surface area contributed by atoms with Gasteiger partial charge in [-0.1, -0.05) is 170 Å². The van der Waals surface area contributed by atoms with Crippen LogP contribution in [0.5, 0.6) is 11.5 Å². The number of para-hydroxylation sites is 1. The maximum absolute atomic E-state index is 6.50. The fourth-order valence-electron chi connectivity index (χ4n) is 9.21. The molecule has 0 atom stereocenters. The minimum Gasteiger partial charge on any atom is -0.456 e. The summed E-state index contributed by atoms with van der Waals surface area (Å²) < 4.78 is 6.50. The van der Waals surface area contributed by atoms with Crippen LogP contribution in [-0.2, 0) is 5.41 Å². The normalized spacial score (nSPS) is 13.3. The summed E-state index contributed by atoms with van der Waals surface area (Å²) in [6, 6.07) is 71.2. The van der Waals surface area contributed by atoms with Gasteiger partial charge in [0, 0.05) is 10.9 Å². The van der Waals surface area contributed by atoms with Gasteiger partial charge in [0.1, 0.15) is 11.5 Å². The van der Waals surface area contributed by atoms with Crippen molar-refractivity contribution < 1.29 is 4.74 Å². The van der Waals surface area contributed by atoms with E-state index < -0.39 is 5.41 Å². The molecule has 0 aromatic heterocycles. The van der Waals surface area contributed by atoms with E-state index >= 15 is 0 Å². The van der Waals surface area contributed by atoms with Gasteiger partial charge in [-0.25, -0.2) is 0 Å². The molecule has 0 radical (unpaired) electrons. The van der Waals surface area contributed by atoms with E-state index in [1.165, 1.54) is 77.4 Å². The van der Waals surface area contributed by atoms with Crippen molar-refractivity contribution >= 4 is 21.5 Å². The zero-order chi connectivity index (χ0) is 34.2. The van der Waals surface area contributed by atoms with Gasteiger partial charge in [0.2, 0.25) is 0 Å². The van der Waals surface area contributed by atoms with E-state index in [0.29, 0.717) is 0 Å².